The highest BCUT2D eigenvalue weighted by molar-refractivity contribution is 9.10. The zero-order chi connectivity index (χ0) is 13.5. The molecular weight excluding hydrogens is 323 g/mol. The summed E-state index contributed by atoms with van der Waals surface area (Å²) in [5.41, 5.74) is -1.83. The minimum absolute atomic E-state index is 0.523. The van der Waals surface area contributed by atoms with Crippen LogP contribution in [0.15, 0.2) is 22.8 Å². The van der Waals surface area contributed by atoms with E-state index in [4.69, 9.17) is 0 Å². The van der Waals surface area contributed by atoms with Crippen molar-refractivity contribution >= 4 is 15.9 Å². The maximum Gasteiger partial charge on any atom is 0.433 e. The third kappa shape index (κ3) is 2.24. The summed E-state index contributed by atoms with van der Waals surface area (Å²) in [6.45, 7) is 0. The topological polar surface area (TPSA) is 28.7 Å². The van der Waals surface area contributed by atoms with Gasteiger partial charge in [0.15, 0.2) is 5.69 Å². The van der Waals surface area contributed by atoms with Crippen LogP contribution in [0.4, 0.5) is 22.0 Å². The molecule has 0 spiro atoms. The largest absolute Gasteiger partial charge is 0.433 e. The van der Waals surface area contributed by atoms with Gasteiger partial charge in [0.2, 0.25) is 0 Å². The summed E-state index contributed by atoms with van der Waals surface area (Å²) in [7, 11) is 0. The molecule has 8 heteroatoms. The van der Waals surface area contributed by atoms with Crippen molar-refractivity contribution in [2.24, 2.45) is 0 Å². The molecule has 0 bridgehead atoms. The van der Waals surface area contributed by atoms with Crippen LogP contribution in [0, 0.1) is 11.6 Å². The smallest absolute Gasteiger partial charge is 0.333 e. The fraction of sp³-hybridized carbons (Fsp3) is 0.100. The summed E-state index contributed by atoms with van der Waals surface area (Å²) in [4.78, 5) is 5.29. The lowest BCUT2D eigenvalue weighted by Gasteiger charge is -2.03. The van der Waals surface area contributed by atoms with E-state index in [9.17, 15) is 22.0 Å². The van der Waals surface area contributed by atoms with Crippen molar-refractivity contribution < 1.29 is 22.0 Å². The Morgan fingerprint density at radius 1 is 1.11 bits per heavy atom. The number of halogens is 6. The number of alkyl halides is 3. The fourth-order valence-electron chi connectivity index (χ4n) is 1.38. The molecule has 18 heavy (non-hydrogen) atoms. The third-order valence-corrected chi connectivity index (χ3v) is 2.72. The molecule has 0 radical (unpaired) electrons. The minimum atomic E-state index is -4.69. The summed E-state index contributed by atoms with van der Waals surface area (Å²) < 4.78 is 63.7. The quantitative estimate of drug-likeness (QED) is 0.784. The molecule has 0 fully saturated rings. The first-order chi connectivity index (χ1) is 8.30. The van der Waals surface area contributed by atoms with Crippen LogP contribution in [0.25, 0.3) is 11.4 Å². The van der Waals surface area contributed by atoms with Crippen LogP contribution in [0.3, 0.4) is 0 Å². The van der Waals surface area contributed by atoms with Gasteiger partial charge in [0.05, 0.1) is 5.56 Å². The molecule has 0 amide bonds. The maximum absolute atomic E-state index is 13.4. The van der Waals surface area contributed by atoms with Gasteiger partial charge in [-0.1, -0.05) is 6.07 Å². The molecular formula is C10H4BrF5N2. The number of aromatic nitrogens is 2. The Morgan fingerprint density at radius 3 is 2.11 bits per heavy atom. The Morgan fingerprint density at radius 2 is 1.67 bits per heavy atom. The van der Waals surface area contributed by atoms with Crippen LogP contribution in [-0.2, 0) is 6.18 Å². The molecule has 2 aromatic rings. The number of benzene rings is 1. The fourth-order valence-corrected chi connectivity index (χ4v) is 1.88. The number of H-pyrrole nitrogens is 1. The van der Waals surface area contributed by atoms with Crippen molar-refractivity contribution in [3.05, 3.63) is 40.1 Å². The molecule has 2 rings (SSSR count). The van der Waals surface area contributed by atoms with Gasteiger partial charge in [0.25, 0.3) is 0 Å². The second-order valence-electron chi connectivity index (χ2n) is 3.35. The molecule has 1 N–H and O–H groups in total. The zero-order valence-corrected chi connectivity index (χ0v) is 10.0. The highest BCUT2D eigenvalue weighted by Gasteiger charge is 2.36. The van der Waals surface area contributed by atoms with Crippen LogP contribution in [0.1, 0.15) is 5.69 Å². The summed E-state index contributed by atoms with van der Waals surface area (Å²) in [5, 5.41) is 0. The molecule has 96 valence electrons. The number of hydrogen-bond donors (Lipinski definition) is 1. The van der Waals surface area contributed by atoms with E-state index >= 15 is 0 Å². The Kier molecular flexibility index (Phi) is 3.14. The van der Waals surface area contributed by atoms with Crippen LogP contribution in [0.5, 0.6) is 0 Å². The van der Waals surface area contributed by atoms with E-state index in [1.807, 2.05) is 4.98 Å². The number of imidazole rings is 1. The standard InChI is InChI=1S/C10H4BrF5N2/c11-8-7(10(14,15)16)17-9(18-8)6-4(12)2-1-3-5(6)13/h1-3H,(H,17,18). The Bertz CT molecular complexity index is 570. The molecule has 0 atom stereocenters. The Hall–Kier alpha value is -1.44. The van der Waals surface area contributed by atoms with Gasteiger partial charge in [-0.25, -0.2) is 13.8 Å². The van der Waals surface area contributed by atoms with Gasteiger partial charge < -0.3 is 4.98 Å². The van der Waals surface area contributed by atoms with E-state index in [1.165, 1.54) is 0 Å². The maximum atomic E-state index is 13.4. The summed E-state index contributed by atoms with van der Waals surface area (Å²) in [5.74, 6) is -2.51. The van der Waals surface area contributed by atoms with Crippen molar-refractivity contribution in [3.8, 4) is 11.4 Å². The lowest BCUT2D eigenvalue weighted by atomic mass is 10.2. The van der Waals surface area contributed by atoms with E-state index in [1.54, 1.807) is 0 Å². The summed E-state index contributed by atoms with van der Waals surface area (Å²) in [6.07, 6.45) is -4.69. The third-order valence-electron chi connectivity index (χ3n) is 2.14. The van der Waals surface area contributed by atoms with Crippen molar-refractivity contribution in [1.82, 2.24) is 9.97 Å². The van der Waals surface area contributed by atoms with Crippen LogP contribution >= 0.6 is 15.9 Å². The van der Waals surface area contributed by atoms with E-state index in [0.29, 0.717) is 0 Å². The van der Waals surface area contributed by atoms with Gasteiger partial charge >= 0.3 is 6.18 Å². The van der Waals surface area contributed by atoms with Gasteiger partial charge in [0, 0.05) is 0 Å². The molecule has 1 heterocycles. The first kappa shape index (κ1) is 13.0. The minimum Gasteiger partial charge on any atom is -0.333 e. The molecule has 1 aromatic carbocycles. The van der Waals surface area contributed by atoms with E-state index in [0.717, 1.165) is 18.2 Å². The average Bonchev–Trinajstić information content (AvgIpc) is 2.59. The average molecular weight is 327 g/mol. The predicted molar refractivity (Wildman–Crippen MR) is 56.6 cm³/mol. The Labute approximate surface area is 106 Å². The molecule has 0 unspecified atom stereocenters. The Balaban J connectivity index is 2.60. The number of rotatable bonds is 1. The molecule has 2 nitrogen and oxygen atoms in total. The SMILES string of the molecule is Fc1cccc(F)c1-c1nc(Br)c(C(F)(F)F)[nH]1. The summed E-state index contributed by atoms with van der Waals surface area (Å²) in [6, 6.07) is 2.97. The van der Waals surface area contributed by atoms with Crippen LogP contribution in [0.2, 0.25) is 0 Å². The van der Waals surface area contributed by atoms with Gasteiger partial charge in [-0.15, -0.1) is 0 Å². The lowest BCUT2D eigenvalue weighted by Crippen LogP contribution is -2.06. The van der Waals surface area contributed by atoms with Gasteiger partial charge in [0.1, 0.15) is 22.1 Å². The number of nitrogens with one attached hydrogen (secondary N) is 1. The predicted octanol–water partition coefficient (Wildman–Crippen LogP) is 4.14. The van der Waals surface area contributed by atoms with Gasteiger partial charge in [-0.05, 0) is 28.1 Å². The number of hydrogen-bond acceptors (Lipinski definition) is 1. The highest BCUT2D eigenvalue weighted by atomic mass is 79.9. The van der Waals surface area contributed by atoms with Crippen LogP contribution in [-0.4, -0.2) is 9.97 Å². The zero-order valence-electron chi connectivity index (χ0n) is 8.45. The molecule has 0 aliphatic carbocycles. The summed E-state index contributed by atoms with van der Waals surface area (Å²) >= 11 is 2.59. The van der Waals surface area contributed by atoms with Gasteiger partial charge in [-0.3, -0.25) is 0 Å². The van der Waals surface area contributed by atoms with E-state index in [2.05, 4.69) is 20.9 Å². The van der Waals surface area contributed by atoms with Gasteiger partial charge in [-0.2, -0.15) is 13.2 Å². The molecule has 0 saturated carbocycles. The van der Waals surface area contributed by atoms with Crippen molar-refractivity contribution in [2.45, 2.75) is 6.18 Å². The normalized spacial score (nSPS) is 11.9. The van der Waals surface area contributed by atoms with E-state index < -0.39 is 39.5 Å². The van der Waals surface area contributed by atoms with Crippen molar-refractivity contribution in [2.75, 3.05) is 0 Å². The highest BCUT2D eigenvalue weighted by Crippen LogP contribution is 2.35. The molecule has 1 aromatic heterocycles. The second kappa shape index (κ2) is 4.34. The number of aromatic amines is 1. The van der Waals surface area contributed by atoms with E-state index in [-0.39, 0.29) is 0 Å². The lowest BCUT2D eigenvalue weighted by molar-refractivity contribution is -0.141. The van der Waals surface area contributed by atoms with Crippen molar-refractivity contribution in [3.63, 3.8) is 0 Å². The van der Waals surface area contributed by atoms with Crippen LogP contribution < -0.4 is 0 Å². The first-order valence-corrected chi connectivity index (χ1v) is 5.37. The first-order valence-electron chi connectivity index (χ1n) is 4.58. The molecule has 0 aliphatic rings. The number of nitrogens with zero attached hydrogens (tertiary/aromatic N) is 1. The molecule has 0 aliphatic heterocycles. The molecule has 0 saturated heterocycles. The van der Waals surface area contributed by atoms with Crippen molar-refractivity contribution in [1.29, 1.82) is 0 Å². The monoisotopic (exact) mass is 326 g/mol. The second-order valence-corrected chi connectivity index (χ2v) is 4.10.